The number of hydrogen-bond donors (Lipinski definition) is 1. The van der Waals surface area contributed by atoms with Crippen molar-refractivity contribution >= 4 is 11.7 Å². The highest BCUT2D eigenvalue weighted by molar-refractivity contribution is 5.93. The van der Waals surface area contributed by atoms with Crippen molar-refractivity contribution < 1.29 is 24.1 Å². The minimum atomic E-state index is -0.0289. The van der Waals surface area contributed by atoms with E-state index < -0.39 is 0 Å². The second kappa shape index (κ2) is 12.2. The molecule has 35 heavy (non-hydrogen) atoms. The lowest BCUT2D eigenvalue weighted by atomic mass is 9.82. The molecule has 2 aromatic rings. The summed E-state index contributed by atoms with van der Waals surface area (Å²) in [4.78, 5) is 17.1. The summed E-state index contributed by atoms with van der Waals surface area (Å²) in [5, 5.41) is 9.22. The number of anilines is 1. The first-order valence-corrected chi connectivity index (χ1v) is 12.8. The predicted octanol–water partition coefficient (Wildman–Crippen LogP) is 5.03. The van der Waals surface area contributed by atoms with Crippen molar-refractivity contribution in [2.45, 2.75) is 51.5 Å². The van der Waals surface area contributed by atoms with E-state index in [1.165, 1.54) is 25.7 Å². The van der Waals surface area contributed by atoms with Crippen LogP contribution in [0.5, 0.6) is 17.2 Å². The summed E-state index contributed by atoms with van der Waals surface area (Å²) in [7, 11) is 3.28. The number of nitrogens with zero attached hydrogens (tertiary/aromatic N) is 2. The molecule has 1 N–H and O–H groups in total. The Morgan fingerprint density at radius 2 is 1.80 bits per heavy atom. The van der Waals surface area contributed by atoms with E-state index in [9.17, 15) is 9.90 Å². The number of hydrogen-bond acceptors (Lipinski definition) is 5. The van der Waals surface area contributed by atoms with E-state index in [-0.39, 0.29) is 12.6 Å². The predicted molar refractivity (Wildman–Crippen MR) is 137 cm³/mol. The number of carbonyl (C=O) groups is 1. The highest BCUT2D eigenvalue weighted by Crippen LogP contribution is 2.35. The van der Waals surface area contributed by atoms with Crippen LogP contribution < -0.4 is 19.1 Å². The summed E-state index contributed by atoms with van der Waals surface area (Å²) in [6.07, 6.45) is 7.77. The number of urea groups is 1. The third-order valence-corrected chi connectivity index (χ3v) is 7.12. The molecule has 2 aromatic carbocycles. The maximum Gasteiger partial charge on any atom is 0.324 e. The number of aliphatic hydroxyl groups excluding tert-OH is 1. The van der Waals surface area contributed by atoms with Gasteiger partial charge in [0, 0.05) is 37.0 Å². The van der Waals surface area contributed by atoms with Crippen LogP contribution in [0, 0.1) is 5.92 Å². The Hall–Kier alpha value is -2.93. The molecule has 0 atom stereocenters. The van der Waals surface area contributed by atoms with Crippen LogP contribution in [0.2, 0.25) is 0 Å². The molecule has 2 amide bonds. The lowest BCUT2D eigenvalue weighted by Gasteiger charge is -2.36. The lowest BCUT2D eigenvalue weighted by molar-refractivity contribution is 0.191. The Morgan fingerprint density at radius 1 is 0.971 bits per heavy atom. The summed E-state index contributed by atoms with van der Waals surface area (Å²) >= 11 is 0. The van der Waals surface area contributed by atoms with Crippen molar-refractivity contribution in [2.24, 2.45) is 5.92 Å². The Bertz CT molecular complexity index is 991. The van der Waals surface area contributed by atoms with Gasteiger partial charge in [-0.3, -0.25) is 4.90 Å². The van der Waals surface area contributed by atoms with Crippen LogP contribution >= 0.6 is 0 Å². The SMILES string of the molecule is COc1cc(CCO)ccc1CN1CCCN(c2ccc(OC)c(OCCCC3CCC3)c2)C1=O. The number of ether oxygens (including phenoxy) is 3. The molecule has 7 nitrogen and oxygen atoms in total. The lowest BCUT2D eigenvalue weighted by Crippen LogP contribution is -2.49. The van der Waals surface area contributed by atoms with Crippen molar-refractivity contribution in [3.8, 4) is 17.2 Å². The zero-order valence-electron chi connectivity index (χ0n) is 21.0. The van der Waals surface area contributed by atoms with Crippen molar-refractivity contribution in [2.75, 3.05) is 45.4 Å². The topological polar surface area (TPSA) is 71.5 Å². The summed E-state index contributed by atoms with van der Waals surface area (Å²) in [5.41, 5.74) is 2.78. The number of amides is 2. The van der Waals surface area contributed by atoms with Gasteiger partial charge in [0.15, 0.2) is 11.5 Å². The molecule has 1 heterocycles. The van der Waals surface area contributed by atoms with Crippen molar-refractivity contribution in [1.29, 1.82) is 0 Å². The quantitative estimate of drug-likeness (QED) is 0.430. The standard InChI is InChI=1S/C28H38N2O5/c1-33-25-12-11-24(19-27(25)35-17-4-8-21-6-3-7-21)30-15-5-14-29(28(30)32)20-23-10-9-22(13-16-31)18-26(23)34-2/h9-12,18-19,21,31H,3-8,13-17,20H2,1-2H3. The Kier molecular flexibility index (Phi) is 8.74. The summed E-state index contributed by atoms with van der Waals surface area (Å²) in [6, 6.07) is 11.6. The molecular formula is C28H38N2O5. The van der Waals surface area contributed by atoms with Crippen LogP contribution in [-0.4, -0.2) is 56.6 Å². The molecule has 0 unspecified atom stereocenters. The van der Waals surface area contributed by atoms with Crippen LogP contribution in [0.4, 0.5) is 10.5 Å². The van der Waals surface area contributed by atoms with E-state index in [0.717, 1.165) is 41.3 Å². The molecule has 2 aliphatic rings. The molecule has 4 rings (SSSR count). The molecule has 0 radical (unpaired) electrons. The Balaban J connectivity index is 1.43. The third-order valence-electron chi connectivity index (χ3n) is 7.12. The average Bonchev–Trinajstić information content (AvgIpc) is 2.85. The summed E-state index contributed by atoms with van der Waals surface area (Å²) < 4.78 is 17.2. The first-order valence-electron chi connectivity index (χ1n) is 12.8. The van der Waals surface area contributed by atoms with Crippen LogP contribution in [0.3, 0.4) is 0 Å². The van der Waals surface area contributed by atoms with Crippen LogP contribution in [0.25, 0.3) is 0 Å². The van der Waals surface area contributed by atoms with Crippen molar-refractivity contribution in [1.82, 2.24) is 4.90 Å². The smallest absolute Gasteiger partial charge is 0.324 e. The Labute approximate surface area is 208 Å². The average molecular weight is 483 g/mol. The van der Waals surface area contributed by atoms with Gasteiger partial charge in [0.1, 0.15) is 5.75 Å². The van der Waals surface area contributed by atoms with Gasteiger partial charge in [-0.05, 0) is 55.4 Å². The van der Waals surface area contributed by atoms with E-state index in [0.29, 0.717) is 44.2 Å². The van der Waals surface area contributed by atoms with Gasteiger partial charge in [0.25, 0.3) is 0 Å². The van der Waals surface area contributed by atoms with Gasteiger partial charge in [0.2, 0.25) is 0 Å². The van der Waals surface area contributed by atoms with Crippen LogP contribution in [0.1, 0.15) is 49.7 Å². The fourth-order valence-corrected chi connectivity index (χ4v) is 4.86. The molecule has 0 aromatic heterocycles. The highest BCUT2D eigenvalue weighted by atomic mass is 16.5. The van der Waals surface area contributed by atoms with Crippen LogP contribution in [0.15, 0.2) is 36.4 Å². The second-order valence-corrected chi connectivity index (χ2v) is 9.45. The molecule has 1 aliphatic carbocycles. The van der Waals surface area contributed by atoms with Gasteiger partial charge in [-0.15, -0.1) is 0 Å². The van der Waals surface area contributed by atoms with E-state index in [1.807, 2.05) is 46.2 Å². The zero-order valence-corrected chi connectivity index (χ0v) is 21.0. The molecule has 1 saturated heterocycles. The van der Waals surface area contributed by atoms with Crippen molar-refractivity contribution in [3.63, 3.8) is 0 Å². The van der Waals surface area contributed by atoms with Gasteiger partial charge >= 0.3 is 6.03 Å². The maximum atomic E-state index is 13.4. The van der Waals surface area contributed by atoms with E-state index in [4.69, 9.17) is 14.2 Å². The van der Waals surface area contributed by atoms with Crippen LogP contribution in [-0.2, 0) is 13.0 Å². The number of benzene rings is 2. The first-order chi connectivity index (χ1) is 17.1. The Morgan fingerprint density at radius 3 is 2.51 bits per heavy atom. The minimum Gasteiger partial charge on any atom is -0.496 e. The van der Waals surface area contributed by atoms with Gasteiger partial charge in [-0.1, -0.05) is 31.4 Å². The number of carbonyl (C=O) groups excluding carboxylic acids is 1. The van der Waals surface area contributed by atoms with E-state index >= 15 is 0 Å². The summed E-state index contributed by atoms with van der Waals surface area (Å²) in [5.74, 6) is 2.98. The van der Waals surface area contributed by atoms with E-state index in [1.54, 1.807) is 14.2 Å². The highest BCUT2D eigenvalue weighted by Gasteiger charge is 2.28. The fraction of sp³-hybridized carbons (Fsp3) is 0.536. The van der Waals surface area contributed by atoms with Gasteiger partial charge in [0.05, 0.1) is 27.4 Å². The van der Waals surface area contributed by atoms with E-state index in [2.05, 4.69) is 0 Å². The van der Waals surface area contributed by atoms with Gasteiger partial charge < -0.3 is 24.2 Å². The van der Waals surface area contributed by atoms with Gasteiger partial charge in [-0.2, -0.15) is 0 Å². The molecule has 190 valence electrons. The molecule has 7 heteroatoms. The molecule has 2 fully saturated rings. The van der Waals surface area contributed by atoms with Crippen molar-refractivity contribution in [3.05, 3.63) is 47.5 Å². The first kappa shape index (κ1) is 25.2. The fourth-order valence-electron chi connectivity index (χ4n) is 4.86. The minimum absolute atomic E-state index is 0.0289. The number of rotatable bonds is 12. The molecular weight excluding hydrogens is 444 g/mol. The second-order valence-electron chi connectivity index (χ2n) is 9.45. The number of aliphatic hydroxyl groups is 1. The normalized spacial score (nSPS) is 16.3. The molecule has 0 spiro atoms. The molecule has 1 saturated carbocycles. The van der Waals surface area contributed by atoms with Gasteiger partial charge in [-0.25, -0.2) is 4.79 Å². The molecule has 1 aliphatic heterocycles. The summed E-state index contributed by atoms with van der Waals surface area (Å²) in [6.45, 7) is 2.57. The number of methoxy groups -OCH3 is 2. The zero-order chi connectivity index (χ0) is 24.6. The monoisotopic (exact) mass is 482 g/mol. The third kappa shape index (κ3) is 6.20. The largest absolute Gasteiger partial charge is 0.496 e. The molecule has 0 bridgehead atoms. The maximum absolute atomic E-state index is 13.4.